The molecule has 0 saturated carbocycles. The van der Waals surface area contributed by atoms with Gasteiger partial charge < -0.3 is 14.5 Å². The van der Waals surface area contributed by atoms with Crippen molar-refractivity contribution in [3.05, 3.63) is 41.7 Å². The standard InChI is InChI=1S/C19H26N2O5S/c1-6-11-25-16-12-13(2)7-8-14(16)20-18(22)15-9-10-17(26-15)27(23,24)21-19(3,4)5/h7-10,12,21H,6,11H2,1-5H3,(H,20,22). The fourth-order valence-corrected chi connectivity index (χ4v) is 3.64. The van der Waals surface area contributed by atoms with Crippen LogP contribution in [0.15, 0.2) is 39.8 Å². The number of hydrogen-bond donors (Lipinski definition) is 2. The van der Waals surface area contributed by atoms with Crippen LogP contribution in [0.3, 0.4) is 0 Å². The van der Waals surface area contributed by atoms with Crippen LogP contribution >= 0.6 is 0 Å². The fraction of sp³-hybridized carbons (Fsp3) is 0.421. The van der Waals surface area contributed by atoms with Crippen LogP contribution in [0.2, 0.25) is 0 Å². The number of aryl methyl sites for hydroxylation is 1. The summed E-state index contributed by atoms with van der Waals surface area (Å²) >= 11 is 0. The van der Waals surface area contributed by atoms with Gasteiger partial charge in [-0.2, -0.15) is 0 Å². The third-order valence-corrected chi connectivity index (χ3v) is 4.99. The van der Waals surface area contributed by atoms with Crippen molar-refractivity contribution in [1.82, 2.24) is 4.72 Å². The summed E-state index contributed by atoms with van der Waals surface area (Å²) < 4.78 is 38.0. The molecule has 0 spiro atoms. The number of rotatable bonds is 7. The van der Waals surface area contributed by atoms with Crippen molar-refractivity contribution in [2.45, 2.75) is 51.7 Å². The maximum absolute atomic E-state index is 12.5. The van der Waals surface area contributed by atoms with Crippen molar-refractivity contribution < 1.29 is 22.4 Å². The topological polar surface area (TPSA) is 97.6 Å². The average molecular weight is 394 g/mol. The number of furan rings is 1. The SMILES string of the molecule is CCCOc1cc(C)ccc1NC(=O)c1ccc(S(=O)(=O)NC(C)(C)C)o1. The average Bonchev–Trinajstić information content (AvgIpc) is 3.04. The van der Waals surface area contributed by atoms with Gasteiger partial charge in [0.1, 0.15) is 5.75 Å². The molecule has 0 radical (unpaired) electrons. The number of amides is 1. The van der Waals surface area contributed by atoms with Gasteiger partial charge in [0.2, 0.25) is 5.09 Å². The van der Waals surface area contributed by atoms with E-state index in [0.29, 0.717) is 18.0 Å². The Morgan fingerprint density at radius 3 is 2.52 bits per heavy atom. The number of benzene rings is 1. The van der Waals surface area contributed by atoms with Gasteiger partial charge in [-0.05, 0) is 63.9 Å². The van der Waals surface area contributed by atoms with Crippen LogP contribution in [0.4, 0.5) is 5.69 Å². The van der Waals surface area contributed by atoms with Gasteiger partial charge in [0, 0.05) is 5.54 Å². The quantitative estimate of drug-likeness (QED) is 0.746. The zero-order valence-electron chi connectivity index (χ0n) is 16.3. The van der Waals surface area contributed by atoms with Gasteiger partial charge in [-0.1, -0.05) is 13.0 Å². The molecule has 0 saturated heterocycles. The summed E-state index contributed by atoms with van der Waals surface area (Å²) in [5, 5.41) is 2.39. The molecule has 2 N–H and O–H groups in total. The highest BCUT2D eigenvalue weighted by atomic mass is 32.2. The molecule has 1 heterocycles. The van der Waals surface area contributed by atoms with Crippen LogP contribution in [0.25, 0.3) is 0 Å². The molecule has 8 heteroatoms. The maximum atomic E-state index is 12.5. The van der Waals surface area contributed by atoms with Crippen LogP contribution in [-0.2, 0) is 10.0 Å². The molecule has 2 aromatic rings. The first-order valence-electron chi connectivity index (χ1n) is 8.70. The molecule has 7 nitrogen and oxygen atoms in total. The Balaban J connectivity index is 2.20. The molecule has 0 aliphatic heterocycles. The van der Waals surface area contributed by atoms with E-state index in [1.807, 2.05) is 26.0 Å². The minimum absolute atomic E-state index is 0.105. The molecule has 0 aliphatic rings. The van der Waals surface area contributed by atoms with Crippen molar-refractivity contribution >= 4 is 21.6 Å². The van der Waals surface area contributed by atoms with Crippen LogP contribution < -0.4 is 14.8 Å². The summed E-state index contributed by atoms with van der Waals surface area (Å²) in [6.45, 7) is 9.59. The zero-order valence-corrected chi connectivity index (χ0v) is 17.1. The number of sulfonamides is 1. The molecule has 27 heavy (non-hydrogen) atoms. The predicted octanol–water partition coefficient (Wildman–Crippen LogP) is 3.71. The Morgan fingerprint density at radius 2 is 1.89 bits per heavy atom. The molecule has 1 aromatic heterocycles. The summed E-state index contributed by atoms with van der Waals surface area (Å²) in [5.74, 6) is -0.109. The highest BCUT2D eigenvalue weighted by Crippen LogP contribution is 2.27. The molecular weight excluding hydrogens is 368 g/mol. The summed E-state index contributed by atoms with van der Waals surface area (Å²) in [7, 11) is -3.85. The molecule has 1 amide bonds. The monoisotopic (exact) mass is 394 g/mol. The smallest absolute Gasteiger partial charge is 0.291 e. The van der Waals surface area contributed by atoms with Crippen molar-refractivity contribution in [2.75, 3.05) is 11.9 Å². The molecule has 0 bridgehead atoms. The molecule has 0 unspecified atom stereocenters. The number of nitrogens with one attached hydrogen (secondary N) is 2. The number of carbonyl (C=O) groups is 1. The first kappa shape index (κ1) is 21.0. The summed E-state index contributed by atoms with van der Waals surface area (Å²) in [6, 6.07) is 8.00. The third-order valence-electron chi connectivity index (χ3n) is 3.36. The van der Waals surface area contributed by atoms with E-state index >= 15 is 0 Å². The molecule has 148 valence electrons. The Hall–Kier alpha value is -2.32. The van der Waals surface area contributed by atoms with E-state index in [1.54, 1.807) is 26.8 Å². The van der Waals surface area contributed by atoms with Crippen LogP contribution in [0.1, 0.15) is 50.2 Å². The van der Waals surface area contributed by atoms with Gasteiger partial charge in [0.15, 0.2) is 5.76 Å². The Labute approximate surface area is 160 Å². The normalized spacial score (nSPS) is 12.0. The maximum Gasteiger partial charge on any atom is 0.291 e. The van der Waals surface area contributed by atoms with E-state index in [1.165, 1.54) is 12.1 Å². The molecular formula is C19H26N2O5S. The first-order valence-corrected chi connectivity index (χ1v) is 10.2. The minimum Gasteiger partial charge on any atom is -0.491 e. The third kappa shape index (κ3) is 5.83. The van der Waals surface area contributed by atoms with Gasteiger partial charge >= 0.3 is 0 Å². The lowest BCUT2D eigenvalue weighted by Crippen LogP contribution is -2.40. The van der Waals surface area contributed by atoms with Crippen molar-refractivity contribution in [1.29, 1.82) is 0 Å². The van der Waals surface area contributed by atoms with Gasteiger partial charge in [-0.25, -0.2) is 13.1 Å². The van der Waals surface area contributed by atoms with E-state index in [9.17, 15) is 13.2 Å². The first-order chi connectivity index (χ1) is 12.5. The summed E-state index contributed by atoms with van der Waals surface area (Å²) in [6.07, 6.45) is 0.835. The zero-order chi connectivity index (χ0) is 20.2. The number of ether oxygens (including phenoxy) is 1. The van der Waals surface area contributed by atoms with Crippen molar-refractivity contribution in [2.24, 2.45) is 0 Å². The lowest BCUT2D eigenvalue weighted by atomic mass is 10.1. The molecule has 1 aromatic carbocycles. The van der Waals surface area contributed by atoms with E-state index < -0.39 is 21.5 Å². The Kier molecular flexibility index (Phi) is 6.33. The fourth-order valence-electron chi connectivity index (χ4n) is 2.29. The van der Waals surface area contributed by atoms with E-state index in [2.05, 4.69) is 10.0 Å². The van der Waals surface area contributed by atoms with E-state index in [-0.39, 0.29) is 10.9 Å². The number of carbonyl (C=O) groups excluding carboxylic acids is 1. The van der Waals surface area contributed by atoms with Gasteiger partial charge in [-0.15, -0.1) is 0 Å². The molecule has 0 aliphatic carbocycles. The lowest BCUT2D eigenvalue weighted by molar-refractivity contribution is 0.0991. The molecule has 2 rings (SSSR count). The second-order valence-corrected chi connectivity index (χ2v) is 8.89. The summed E-state index contributed by atoms with van der Waals surface area (Å²) in [5.41, 5.74) is 0.827. The minimum atomic E-state index is -3.85. The predicted molar refractivity (Wildman–Crippen MR) is 104 cm³/mol. The Bertz CT molecular complexity index is 910. The highest BCUT2D eigenvalue weighted by molar-refractivity contribution is 7.89. The second kappa shape index (κ2) is 8.14. The Morgan fingerprint density at radius 1 is 1.19 bits per heavy atom. The lowest BCUT2D eigenvalue weighted by Gasteiger charge is -2.19. The van der Waals surface area contributed by atoms with Gasteiger partial charge in [0.05, 0.1) is 12.3 Å². The number of anilines is 1. The van der Waals surface area contributed by atoms with Gasteiger partial charge in [0.25, 0.3) is 15.9 Å². The van der Waals surface area contributed by atoms with Crippen LogP contribution in [-0.4, -0.2) is 26.5 Å². The highest BCUT2D eigenvalue weighted by Gasteiger charge is 2.26. The van der Waals surface area contributed by atoms with Crippen molar-refractivity contribution in [3.8, 4) is 5.75 Å². The van der Waals surface area contributed by atoms with Gasteiger partial charge in [-0.3, -0.25) is 4.79 Å². The van der Waals surface area contributed by atoms with E-state index in [4.69, 9.17) is 9.15 Å². The molecule has 0 fully saturated rings. The number of hydrogen-bond acceptors (Lipinski definition) is 5. The van der Waals surface area contributed by atoms with Crippen LogP contribution in [0.5, 0.6) is 5.75 Å². The van der Waals surface area contributed by atoms with Crippen LogP contribution in [0, 0.1) is 6.92 Å². The largest absolute Gasteiger partial charge is 0.491 e. The second-order valence-electron chi connectivity index (χ2n) is 7.28. The molecule has 0 atom stereocenters. The van der Waals surface area contributed by atoms with E-state index in [0.717, 1.165) is 12.0 Å². The van der Waals surface area contributed by atoms with Crippen molar-refractivity contribution in [3.63, 3.8) is 0 Å². The summed E-state index contributed by atoms with van der Waals surface area (Å²) in [4.78, 5) is 12.5.